The third kappa shape index (κ3) is 5.67. The summed E-state index contributed by atoms with van der Waals surface area (Å²) in [5, 5.41) is 13.2. The Hall–Kier alpha value is -2.72. The van der Waals surface area contributed by atoms with Crippen LogP contribution in [0.1, 0.15) is 32.1 Å². The molecule has 0 aromatic heterocycles. The summed E-state index contributed by atoms with van der Waals surface area (Å²) < 4.78 is 10.5. The number of halogens is 1. The minimum atomic E-state index is -1.41. The van der Waals surface area contributed by atoms with E-state index in [1.807, 2.05) is 12.1 Å². The van der Waals surface area contributed by atoms with Crippen molar-refractivity contribution in [2.75, 3.05) is 62.3 Å². The molecule has 1 aliphatic carbocycles. The van der Waals surface area contributed by atoms with Crippen molar-refractivity contribution < 1.29 is 23.9 Å². The largest absolute Gasteiger partial charge is 0.479 e. The Labute approximate surface area is 199 Å². The average molecular weight is 476 g/mol. The van der Waals surface area contributed by atoms with Gasteiger partial charge in [0.2, 0.25) is 5.91 Å². The van der Waals surface area contributed by atoms with Crippen molar-refractivity contribution in [3.63, 3.8) is 0 Å². The van der Waals surface area contributed by atoms with Gasteiger partial charge in [0.25, 0.3) is 0 Å². The fourth-order valence-electron chi connectivity index (χ4n) is 5.56. The van der Waals surface area contributed by atoms with E-state index in [2.05, 4.69) is 32.6 Å². The number of piperidine rings is 1. The van der Waals surface area contributed by atoms with E-state index in [1.54, 1.807) is 4.90 Å². The lowest BCUT2D eigenvalue weighted by Crippen LogP contribution is -2.58. The van der Waals surface area contributed by atoms with Crippen LogP contribution in [0, 0.1) is 5.41 Å². The predicted molar refractivity (Wildman–Crippen MR) is 127 cm³/mol. The molecule has 3 N–H and O–H groups in total. The van der Waals surface area contributed by atoms with E-state index in [-0.39, 0.29) is 11.9 Å². The fraction of sp³-hybridized carbons (Fsp3) is 0.625. The lowest BCUT2D eigenvalue weighted by Gasteiger charge is -2.55. The number of carboxylic acids is 1. The number of hydrogen-bond acceptors (Lipinski definition) is 6. The van der Waals surface area contributed by atoms with Crippen molar-refractivity contribution >= 4 is 29.3 Å². The molecular weight excluding hydrogens is 441 g/mol. The van der Waals surface area contributed by atoms with Gasteiger partial charge in [-0.3, -0.25) is 19.9 Å². The summed E-state index contributed by atoms with van der Waals surface area (Å²) in [7, 11) is 0. The van der Waals surface area contributed by atoms with Crippen molar-refractivity contribution in [1.29, 1.82) is 0 Å². The zero-order valence-corrected chi connectivity index (χ0v) is 19.5. The standard InChI is InChI=1S/C22H31N5O2.C2H3FO2/c28-20-5-10-27(21(29)24-20)18-3-1-17(2-4-18)25-11-13-26(14-12-25)19-15-22(16-19)6-8-23-9-7-22;3-1-2(4)5/h1-4,19,23H,5-16H2,(H,24,28,29);1H2,(H,4,5). The summed E-state index contributed by atoms with van der Waals surface area (Å²) in [5.74, 6) is -1.61. The number of benzene rings is 1. The third-order valence-corrected chi connectivity index (χ3v) is 7.53. The zero-order chi connectivity index (χ0) is 24.1. The second-order valence-electron chi connectivity index (χ2n) is 9.63. The van der Waals surface area contributed by atoms with Crippen molar-refractivity contribution in [3.8, 4) is 0 Å². The molecule has 186 valence electrons. The second kappa shape index (κ2) is 10.7. The number of urea groups is 1. The van der Waals surface area contributed by atoms with Crippen molar-refractivity contribution in [2.24, 2.45) is 5.41 Å². The molecule has 0 bridgehead atoms. The quantitative estimate of drug-likeness (QED) is 0.610. The molecule has 4 fully saturated rings. The van der Waals surface area contributed by atoms with Gasteiger partial charge in [-0.2, -0.15) is 0 Å². The van der Waals surface area contributed by atoms with Crippen LogP contribution in [0.3, 0.4) is 0 Å². The molecule has 1 aromatic carbocycles. The van der Waals surface area contributed by atoms with Gasteiger partial charge in [0.05, 0.1) is 0 Å². The van der Waals surface area contributed by atoms with E-state index < -0.39 is 12.6 Å². The molecule has 3 heterocycles. The smallest absolute Gasteiger partial charge is 0.335 e. The highest BCUT2D eigenvalue weighted by Gasteiger charge is 2.46. The Morgan fingerprint density at radius 2 is 1.59 bits per heavy atom. The molecule has 4 aliphatic rings. The fourth-order valence-corrected chi connectivity index (χ4v) is 5.56. The summed E-state index contributed by atoms with van der Waals surface area (Å²) in [5.41, 5.74) is 2.71. The number of rotatable bonds is 4. The Balaban J connectivity index is 0.000000499. The van der Waals surface area contributed by atoms with E-state index in [9.17, 15) is 14.0 Å². The van der Waals surface area contributed by atoms with Crippen LogP contribution in [-0.4, -0.2) is 86.4 Å². The van der Waals surface area contributed by atoms with Gasteiger partial charge in [0, 0.05) is 56.6 Å². The van der Waals surface area contributed by atoms with Gasteiger partial charge in [-0.25, -0.2) is 14.0 Å². The molecule has 0 atom stereocenters. The molecule has 3 aliphatic heterocycles. The highest BCUT2D eigenvalue weighted by Crippen LogP contribution is 2.50. The molecule has 1 aromatic rings. The van der Waals surface area contributed by atoms with Crippen LogP contribution >= 0.6 is 0 Å². The van der Waals surface area contributed by atoms with Gasteiger partial charge < -0.3 is 15.3 Å². The highest BCUT2D eigenvalue weighted by molar-refractivity contribution is 6.05. The first-order valence-corrected chi connectivity index (χ1v) is 12.1. The van der Waals surface area contributed by atoms with E-state index in [4.69, 9.17) is 9.90 Å². The summed E-state index contributed by atoms with van der Waals surface area (Å²) in [6.45, 7) is 5.96. The number of piperazine rings is 1. The maximum absolute atomic E-state index is 12.0. The lowest BCUT2D eigenvalue weighted by atomic mass is 9.60. The second-order valence-corrected chi connectivity index (χ2v) is 9.63. The molecule has 0 unspecified atom stereocenters. The maximum atomic E-state index is 12.0. The van der Waals surface area contributed by atoms with Gasteiger partial charge in [-0.15, -0.1) is 0 Å². The number of carbonyl (C=O) groups excluding carboxylic acids is 2. The molecule has 34 heavy (non-hydrogen) atoms. The first-order chi connectivity index (χ1) is 16.4. The van der Waals surface area contributed by atoms with Crippen LogP contribution in [0.5, 0.6) is 0 Å². The summed E-state index contributed by atoms with van der Waals surface area (Å²) in [6.07, 6.45) is 5.86. The SMILES string of the molecule is O=C(O)CF.O=C1CCN(c2ccc(N3CCN(C4CC5(CCNCC5)C4)CC3)cc2)C(=O)N1. The van der Waals surface area contributed by atoms with Crippen LogP contribution in [-0.2, 0) is 9.59 Å². The predicted octanol–water partition coefficient (Wildman–Crippen LogP) is 1.83. The number of carbonyl (C=O) groups is 3. The minimum Gasteiger partial charge on any atom is -0.479 e. The van der Waals surface area contributed by atoms with E-state index in [1.165, 1.54) is 44.5 Å². The van der Waals surface area contributed by atoms with Crippen molar-refractivity contribution in [3.05, 3.63) is 24.3 Å². The van der Waals surface area contributed by atoms with Gasteiger partial charge in [-0.05, 0) is 68.5 Å². The molecule has 3 amide bonds. The molecule has 9 nitrogen and oxygen atoms in total. The molecule has 1 spiro atoms. The Morgan fingerprint density at radius 3 is 2.15 bits per heavy atom. The van der Waals surface area contributed by atoms with Crippen molar-refractivity contribution in [2.45, 2.75) is 38.1 Å². The number of nitrogens with one attached hydrogen (secondary N) is 2. The van der Waals surface area contributed by atoms with Crippen LogP contribution in [0.15, 0.2) is 24.3 Å². The minimum absolute atomic E-state index is 0.196. The Kier molecular flexibility index (Phi) is 7.67. The van der Waals surface area contributed by atoms with Crippen LogP contribution < -0.4 is 20.4 Å². The number of alkyl halides is 1. The number of aliphatic carboxylic acids is 1. The number of imide groups is 1. The number of amides is 3. The summed E-state index contributed by atoms with van der Waals surface area (Å²) in [6, 6.07) is 8.64. The van der Waals surface area contributed by atoms with Gasteiger partial charge in [0.15, 0.2) is 6.67 Å². The normalized spacial score (nSPS) is 23.1. The van der Waals surface area contributed by atoms with E-state index in [0.717, 1.165) is 37.9 Å². The topological polar surface area (TPSA) is 105 Å². The Morgan fingerprint density at radius 1 is 1.00 bits per heavy atom. The zero-order valence-electron chi connectivity index (χ0n) is 19.5. The van der Waals surface area contributed by atoms with Crippen LogP contribution in [0.25, 0.3) is 0 Å². The number of nitrogens with zero attached hydrogens (tertiary/aromatic N) is 3. The van der Waals surface area contributed by atoms with Crippen molar-refractivity contribution in [1.82, 2.24) is 15.5 Å². The first-order valence-electron chi connectivity index (χ1n) is 12.1. The summed E-state index contributed by atoms with van der Waals surface area (Å²) >= 11 is 0. The van der Waals surface area contributed by atoms with E-state index in [0.29, 0.717) is 18.4 Å². The van der Waals surface area contributed by atoms with Gasteiger partial charge in [0.1, 0.15) is 0 Å². The number of hydrogen-bond donors (Lipinski definition) is 3. The van der Waals surface area contributed by atoms with Crippen LogP contribution in [0.4, 0.5) is 20.6 Å². The lowest BCUT2D eigenvalue weighted by molar-refractivity contribution is -0.138. The van der Waals surface area contributed by atoms with Crippen LogP contribution in [0.2, 0.25) is 0 Å². The average Bonchev–Trinajstić information content (AvgIpc) is 2.84. The molecular formula is C24H34FN5O4. The Bertz CT molecular complexity index is 874. The summed E-state index contributed by atoms with van der Waals surface area (Å²) in [4.78, 5) is 39.1. The molecule has 0 radical (unpaired) electrons. The first kappa shape index (κ1) is 24.4. The number of carboxylic acid groups (broad SMARTS) is 1. The maximum Gasteiger partial charge on any atom is 0.335 e. The molecule has 5 rings (SSSR count). The molecule has 10 heteroatoms. The van der Waals surface area contributed by atoms with Gasteiger partial charge >= 0.3 is 12.0 Å². The monoisotopic (exact) mass is 475 g/mol. The molecule has 3 saturated heterocycles. The number of anilines is 2. The highest BCUT2D eigenvalue weighted by atomic mass is 19.1. The van der Waals surface area contributed by atoms with Gasteiger partial charge in [-0.1, -0.05) is 0 Å². The third-order valence-electron chi connectivity index (χ3n) is 7.53. The van der Waals surface area contributed by atoms with E-state index >= 15 is 0 Å². The molecule has 1 saturated carbocycles.